The lowest BCUT2D eigenvalue weighted by Crippen LogP contribution is -2.45. The first kappa shape index (κ1) is 20.4. The molecular formula is C24H30O4. The smallest absolute Gasteiger partial charge is 0.333 e. The highest BCUT2D eigenvalue weighted by atomic mass is 16.5. The van der Waals surface area contributed by atoms with Gasteiger partial charge in [-0.2, -0.15) is 0 Å². The Balaban J connectivity index is 1.82. The molecule has 0 heterocycles. The Labute approximate surface area is 167 Å². The van der Waals surface area contributed by atoms with Crippen LogP contribution in [0.1, 0.15) is 39.2 Å². The van der Waals surface area contributed by atoms with E-state index in [1.165, 1.54) is 5.56 Å². The monoisotopic (exact) mass is 382 g/mol. The average Bonchev–Trinajstić information content (AvgIpc) is 3.21. The van der Waals surface area contributed by atoms with Gasteiger partial charge in [0.05, 0.1) is 13.2 Å². The predicted octanol–water partition coefficient (Wildman–Crippen LogP) is 4.46. The van der Waals surface area contributed by atoms with Crippen molar-refractivity contribution in [1.82, 2.24) is 0 Å². The molecule has 0 aliphatic heterocycles. The van der Waals surface area contributed by atoms with Crippen molar-refractivity contribution >= 4 is 11.9 Å². The van der Waals surface area contributed by atoms with Crippen LogP contribution in [0, 0.1) is 23.7 Å². The highest BCUT2D eigenvalue weighted by Gasteiger charge is 2.60. The van der Waals surface area contributed by atoms with Crippen molar-refractivity contribution in [2.24, 2.45) is 23.7 Å². The molecule has 0 amide bonds. The van der Waals surface area contributed by atoms with E-state index in [0.717, 1.165) is 12.8 Å². The van der Waals surface area contributed by atoms with Gasteiger partial charge in [-0.05, 0) is 50.0 Å². The molecule has 2 aliphatic carbocycles. The summed E-state index contributed by atoms with van der Waals surface area (Å²) in [4.78, 5) is 23.8. The van der Waals surface area contributed by atoms with Gasteiger partial charge in [-0.25, -0.2) is 9.59 Å². The fourth-order valence-corrected chi connectivity index (χ4v) is 5.31. The molecule has 0 saturated heterocycles. The van der Waals surface area contributed by atoms with E-state index in [-0.39, 0.29) is 23.3 Å². The van der Waals surface area contributed by atoms with Gasteiger partial charge >= 0.3 is 11.9 Å². The molecular weight excluding hydrogens is 352 g/mol. The quantitative estimate of drug-likeness (QED) is 0.516. The van der Waals surface area contributed by atoms with Gasteiger partial charge in [0.15, 0.2) is 0 Å². The number of hydrogen-bond acceptors (Lipinski definition) is 4. The average molecular weight is 383 g/mol. The summed E-state index contributed by atoms with van der Waals surface area (Å²) in [6, 6.07) is 10.4. The molecule has 0 N–H and O–H groups in total. The van der Waals surface area contributed by atoms with Crippen LogP contribution < -0.4 is 0 Å². The van der Waals surface area contributed by atoms with Crippen LogP contribution in [0.25, 0.3) is 0 Å². The summed E-state index contributed by atoms with van der Waals surface area (Å²) in [5, 5.41) is 0. The standard InChI is InChI=1S/C24H30O4/c1-15(2)22(25)27-13-18-11-17-12-20(18)24(5,19-9-7-6-8-10-19)21(17)14-28-23(26)16(3)4/h6-10,17-18,20-21H,1,3,11-14H2,2,4-5H3. The van der Waals surface area contributed by atoms with Crippen LogP contribution in [-0.4, -0.2) is 25.2 Å². The van der Waals surface area contributed by atoms with E-state index in [2.05, 4.69) is 44.3 Å². The maximum absolute atomic E-state index is 12.0. The van der Waals surface area contributed by atoms with Crippen molar-refractivity contribution in [3.8, 4) is 0 Å². The fourth-order valence-electron chi connectivity index (χ4n) is 5.31. The van der Waals surface area contributed by atoms with E-state index in [9.17, 15) is 9.59 Å². The lowest BCUT2D eigenvalue weighted by Gasteiger charge is -2.45. The Morgan fingerprint density at radius 3 is 2.14 bits per heavy atom. The van der Waals surface area contributed by atoms with Crippen LogP contribution in [0.5, 0.6) is 0 Å². The molecule has 150 valence electrons. The number of rotatable bonds is 7. The Hall–Kier alpha value is -2.36. The minimum Gasteiger partial charge on any atom is -0.462 e. The second-order valence-corrected chi connectivity index (χ2v) is 8.61. The van der Waals surface area contributed by atoms with Gasteiger partial charge in [-0.1, -0.05) is 50.4 Å². The molecule has 0 radical (unpaired) electrons. The molecule has 4 heteroatoms. The predicted molar refractivity (Wildman–Crippen MR) is 109 cm³/mol. The molecule has 0 aromatic heterocycles. The molecule has 28 heavy (non-hydrogen) atoms. The Morgan fingerprint density at radius 2 is 1.57 bits per heavy atom. The van der Waals surface area contributed by atoms with Gasteiger partial charge in [0, 0.05) is 22.5 Å². The third kappa shape index (κ3) is 3.65. The first-order valence-corrected chi connectivity index (χ1v) is 9.96. The second kappa shape index (κ2) is 7.94. The van der Waals surface area contributed by atoms with Crippen molar-refractivity contribution in [3.63, 3.8) is 0 Å². The van der Waals surface area contributed by atoms with Gasteiger partial charge in [0.1, 0.15) is 0 Å². The zero-order valence-electron chi connectivity index (χ0n) is 17.1. The highest BCUT2D eigenvalue weighted by Crippen LogP contribution is 2.62. The van der Waals surface area contributed by atoms with Gasteiger partial charge < -0.3 is 9.47 Å². The Kier molecular flexibility index (Phi) is 5.78. The number of fused-ring (bicyclic) bond motifs is 2. The molecule has 1 aromatic carbocycles. The lowest BCUT2D eigenvalue weighted by atomic mass is 9.60. The van der Waals surface area contributed by atoms with Gasteiger partial charge in [-0.3, -0.25) is 0 Å². The van der Waals surface area contributed by atoms with E-state index in [1.807, 2.05) is 6.07 Å². The molecule has 2 saturated carbocycles. The molecule has 0 spiro atoms. The molecule has 5 unspecified atom stereocenters. The highest BCUT2D eigenvalue weighted by molar-refractivity contribution is 5.87. The molecule has 3 rings (SSSR count). The Bertz CT molecular complexity index is 781. The largest absolute Gasteiger partial charge is 0.462 e. The summed E-state index contributed by atoms with van der Waals surface area (Å²) in [5.41, 5.74) is 1.99. The van der Waals surface area contributed by atoms with Crippen molar-refractivity contribution in [2.45, 2.75) is 39.0 Å². The van der Waals surface area contributed by atoms with Crippen molar-refractivity contribution < 1.29 is 19.1 Å². The summed E-state index contributed by atoms with van der Waals surface area (Å²) in [7, 11) is 0. The molecule has 4 nitrogen and oxygen atoms in total. The third-order valence-corrected chi connectivity index (χ3v) is 6.76. The minimum absolute atomic E-state index is 0.125. The second-order valence-electron chi connectivity index (χ2n) is 8.61. The normalized spacial score (nSPS) is 30.7. The number of ether oxygens (including phenoxy) is 2. The summed E-state index contributed by atoms with van der Waals surface area (Å²) in [6.07, 6.45) is 2.06. The first-order chi connectivity index (χ1) is 13.2. The van der Waals surface area contributed by atoms with Crippen LogP contribution in [-0.2, 0) is 24.5 Å². The SMILES string of the molecule is C=C(C)C(=O)OCC1CC2CC1C(C)(c1ccccc1)C2COC(=O)C(=C)C. The maximum Gasteiger partial charge on any atom is 0.333 e. The number of benzene rings is 1. The van der Waals surface area contributed by atoms with E-state index in [1.54, 1.807) is 13.8 Å². The zero-order valence-corrected chi connectivity index (χ0v) is 17.1. The van der Waals surface area contributed by atoms with Gasteiger partial charge in [0.2, 0.25) is 0 Å². The van der Waals surface area contributed by atoms with E-state index < -0.39 is 0 Å². The van der Waals surface area contributed by atoms with Gasteiger partial charge in [0.25, 0.3) is 0 Å². The van der Waals surface area contributed by atoms with Crippen molar-refractivity contribution in [1.29, 1.82) is 0 Å². The number of carbonyl (C=O) groups is 2. The fraction of sp³-hybridized carbons (Fsp3) is 0.500. The van der Waals surface area contributed by atoms with Crippen molar-refractivity contribution in [3.05, 3.63) is 60.2 Å². The van der Waals surface area contributed by atoms with E-state index in [4.69, 9.17) is 9.47 Å². The number of carbonyl (C=O) groups excluding carboxylic acids is 2. The molecule has 5 atom stereocenters. The first-order valence-electron chi connectivity index (χ1n) is 9.96. The Morgan fingerprint density at radius 1 is 1.00 bits per heavy atom. The maximum atomic E-state index is 12.0. The van der Waals surface area contributed by atoms with Crippen LogP contribution in [0.2, 0.25) is 0 Å². The summed E-state index contributed by atoms with van der Waals surface area (Å²) < 4.78 is 11.1. The molecule has 2 aliphatic rings. The molecule has 2 bridgehead atoms. The number of esters is 2. The van der Waals surface area contributed by atoms with E-state index in [0.29, 0.717) is 42.1 Å². The molecule has 2 fully saturated rings. The summed E-state index contributed by atoms with van der Waals surface area (Å²) in [5.74, 6) is 0.733. The minimum atomic E-state index is -0.329. The number of hydrogen-bond donors (Lipinski definition) is 0. The van der Waals surface area contributed by atoms with Gasteiger partial charge in [-0.15, -0.1) is 0 Å². The topological polar surface area (TPSA) is 52.6 Å². The van der Waals surface area contributed by atoms with Crippen LogP contribution in [0.15, 0.2) is 54.6 Å². The zero-order chi connectivity index (χ0) is 20.5. The van der Waals surface area contributed by atoms with Crippen LogP contribution in [0.3, 0.4) is 0 Å². The summed E-state index contributed by atoms with van der Waals surface area (Å²) in [6.45, 7) is 13.8. The summed E-state index contributed by atoms with van der Waals surface area (Å²) >= 11 is 0. The van der Waals surface area contributed by atoms with Crippen LogP contribution >= 0.6 is 0 Å². The van der Waals surface area contributed by atoms with E-state index >= 15 is 0 Å². The molecule has 1 aromatic rings. The third-order valence-electron chi connectivity index (χ3n) is 6.76. The van der Waals surface area contributed by atoms with Crippen molar-refractivity contribution in [2.75, 3.05) is 13.2 Å². The van der Waals surface area contributed by atoms with Crippen LogP contribution in [0.4, 0.5) is 0 Å². The lowest BCUT2D eigenvalue weighted by molar-refractivity contribution is -0.144.